The Morgan fingerprint density at radius 1 is 0.955 bits per heavy atom. The molecular formula is C18H33NO3. The fourth-order valence-corrected chi connectivity index (χ4v) is 2.62. The predicted octanol–water partition coefficient (Wildman–Crippen LogP) is 3.98. The molecule has 0 spiro atoms. The lowest BCUT2D eigenvalue weighted by molar-refractivity contribution is -0.144. The normalized spacial score (nSPS) is 14.4. The zero-order valence-corrected chi connectivity index (χ0v) is 14.2. The van der Waals surface area contributed by atoms with E-state index in [0.29, 0.717) is 6.61 Å². The highest BCUT2D eigenvalue weighted by Crippen LogP contribution is 2.25. The van der Waals surface area contributed by atoms with Crippen LogP contribution in [0.25, 0.3) is 0 Å². The molecule has 1 saturated carbocycles. The van der Waals surface area contributed by atoms with E-state index in [1.54, 1.807) is 0 Å². The molecule has 0 aromatic rings. The van der Waals surface area contributed by atoms with Gasteiger partial charge in [-0.25, -0.2) is 0 Å². The number of amides is 1. The largest absolute Gasteiger partial charge is 0.464 e. The van der Waals surface area contributed by atoms with E-state index in [0.717, 1.165) is 32.1 Å². The molecule has 4 heteroatoms. The van der Waals surface area contributed by atoms with Gasteiger partial charge in [0.25, 0.3) is 0 Å². The highest BCUT2D eigenvalue weighted by molar-refractivity contribution is 5.83. The summed E-state index contributed by atoms with van der Waals surface area (Å²) in [6.07, 6.45) is 14.3. The number of ether oxygens (including phenoxy) is 1. The molecule has 4 nitrogen and oxygen atoms in total. The van der Waals surface area contributed by atoms with Gasteiger partial charge in [-0.15, -0.1) is 0 Å². The summed E-state index contributed by atoms with van der Waals surface area (Å²) >= 11 is 0. The smallest absolute Gasteiger partial charge is 0.325 e. The molecule has 0 unspecified atom stereocenters. The highest BCUT2D eigenvalue weighted by Gasteiger charge is 2.25. The number of esters is 1. The molecule has 1 amide bonds. The number of carbonyl (C=O) groups is 2. The maximum absolute atomic E-state index is 11.6. The molecule has 0 aromatic carbocycles. The van der Waals surface area contributed by atoms with Gasteiger partial charge in [-0.2, -0.15) is 0 Å². The third kappa shape index (κ3) is 9.06. The Morgan fingerprint density at radius 2 is 1.55 bits per heavy atom. The summed E-state index contributed by atoms with van der Waals surface area (Å²) in [5.41, 5.74) is 0. The van der Waals surface area contributed by atoms with Crippen molar-refractivity contribution in [3.05, 3.63) is 0 Å². The van der Waals surface area contributed by atoms with Crippen LogP contribution in [-0.2, 0) is 14.3 Å². The molecule has 22 heavy (non-hydrogen) atoms. The Hall–Kier alpha value is -1.06. The van der Waals surface area contributed by atoms with Crippen LogP contribution >= 0.6 is 0 Å². The van der Waals surface area contributed by atoms with Crippen molar-refractivity contribution in [2.24, 2.45) is 5.92 Å². The summed E-state index contributed by atoms with van der Waals surface area (Å²) < 4.78 is 5.13. The van der Waals surface area contributed by atoms with E-state index in [4.69, 9.17) is 4.74 Å². The van der Waals surface area contributed by atoms with Crippen molar-refractivity contribution >= 4 is 11.9 Å². The Labute approximate surface area is 135 Å². The van der Waals surface area contributed by atoms with Crippen molar-refractivity contribution < 1.29 is 14.3 Å². The van der Waals surface area contributed by atoms with E-state index in [2.05, 4.69) is 12.2 Å². The standard InChI is InChI=1S/C18H33NO3/c1-2-3-4-5-6-7-8-9-10-14-22-17(20)15-19-18(21)16-12-11-13-16/h16H,2-15H2,1H3,(H,19,21). The first-order valence-corrected chi connectivity index (χ1v) is 9.17. The third-order valence-electron chi connectivity index (χ3n) is 4.39. The van der Waals surface area contributed by atoms with Crippen molar-refractivity contribution in [3.8, 4) is 0 Å². The van der Waals surface area contributed by atoms with Crippen molar-refractivity contribution in [2.45, 2.75) is 84.0 Å². The first-order valence-electron chi connectivity index (χ1n) is 9.17. The monoisotopic (exact) mass is 311 g/mol. The van der Waals surface area contributed by atoms with Crippen LogP contribution in [0, 0.1) is 5.92 Å². The summed E-state index contributed by atoms with van der Waals surface area (Å²) in [7, 11) is 0. The minimum atomic E-state index is -0.313. The molecule has 1 N–H and O–H groups in total. The van der Waals surface area contributed by atoms with Gasteiger partial charge in [0.05, 0.1) is 6.61 Å². The molecule has 0 bridgehead atoms. The number of hydrogen-bond acceptors (Lipinski definition) is 3. The van der Waals surface area contributed by atoms with E-state index >= 15 is 0 Å². The quantitative estimate of drug-likeness (QED) is 0.413. The van der Waals surface area contributed by atoms with Gasteiger partial charge in [-0.3, -0.25) is 9.59 Å². The summed E-state index contributed by atoms with van der Waals surface area (Å²) in [5, 5.41) is 2.66. The molecule has 1 fully saturated rings. The van der Waals surface area contributed by atoms with Gasteiger partial charge >= 0.3 is 5.97 Å². The minimum Gasteiger partial charge on any atom is -0.464 e. The number of rotatable bonds is 13. The first kappa shape index (κ1) is 19.0. The lowest BCUT2D eigenvalue weighted by atomic mass is 9.85. The Kier molecular flexibility index (Phi) is 10.8. The van der Waals surface area contributed by atoms with Crippen LogP contribution in [0.4, 0.5) is 0 Å². The summed E-state index contributed by atoms with van der Waals surface area (Å²) in [6.45, 7) is 2.74. The predicted molar refractivity (Wildman–Crippen MR) is 88.5 cm³/mol. The van der Waals surface area contributed by atoms with Crippen molar-refractivity contribution in [1.29, 1.82) is 0 Å². The third-order valence-corrected chi connectivity index (χ3v) is 4.39. The van der Waals surface area contributed by atoms with Crippen LogP contribution in [0.15, 0.2) is 0 Å². The maximum Gasteiger partial charge on any atom is 0.325 e. The fraction of sp³-hybridized carbons (Fsp3) is 0.889. The SMILES string of the molecule is CCCCCCCCCCCOC(=O)CNC(=O)C1CCC1. The second kappa shape index (κ2) is 12.5. The van der Waals surface area contributed by atoms with Crippen LogP contribution in [0.3, 0.4) is 0 Å². The number of unbranched alkanes of at least 4 members (excludes halogenated alkanes) is 8. The summed E-state index contributed by atoms with van der Waals surface area (Å²) in [6, 6.07) is 0. The van der Waals surface area contributed by atoms with Gasteiger partial charge in [0, 0.05) is 5.92 Å². The zero-order chi connectivity index (χ0) is 16.0. The molecular weight excluding hydrogens is 278 g/mol. The topological polar surface area (TPSA) is 55.4 Å². The van der Waals surface area contributed by atoms with E-state index in [9.17, 15) is 9.59 Å². The molecule has 0 aliphatic heterocycles. The zero-order valence-electron chi connectivity index (χ0n) is 14.2. The first-order chi connectivity index (χ1) is 10.7. The van der Waals surface area contributed by atoms with E-state index in [1.165, 1.54) is 44.9 Å². The lowest BCUT2D eigenvalue weighted by Gasteiger charge is -2.23. The van der Waals surface area contributed by atoms with Crippen LogP contribution in [0.1, 0.15) is 84.0 Å². The second-order valence-electron chi connectivity index (χ2n) is 6.39. The van der Waals surface area contributed by atoms with E-state index < -0.39 is 0 Å². The number of hydrogen-bond donors (Lipinski definition) is 1. The molecule has 0 aromatic heterocycles. The van der Waals surface area contributed by atoms with Gasteiger partial charge in [0.2, 0.25) is 5.91 Å². The Bertz CT molecular complexity index is 313. The maximum atomic E-state index is 11.6. The summed E-state index contributed by atoms with van der Waals surface area (Å²) in [5.74, 6) is -0.177. The van der Waals surface area contributed by atoms with E-state index in [-0.39, 0.29) is 24.3 Å². The average Bonchev–Trinajstić information content (AvgIpc) is 2.45. The summed E-state index contributed by atoms with van der Waals surface area (Å²) in [4.78, 5) is 23.0. The molecule has 1 rings (SSSR count). The Morgan fingerprint density at radius 3 is 2.09 bits per heavy atom. The second-order valence-corrected chi connectivity index (χ2v) is 6.39. The van der Waals surface area contributed by atoms with Gasteiger partial charge in [0.1, 0.15) is 6.54 Å². The number of nitrogens with one attached hydrogen (secondary N) is 1. The van der Waals surface area contributed by atoms with Gasteiger partial charge < -0.3 is 10.1 Å². The van der Waals surface area contributed by atoms with Gasteiger partial charge in [0.15, 0.2) is 0 Å². The molecule has 0 atom stereocenters. The highest BCUT2D eigenvalue weighted by atomic mass is 16.5. The lowest BCUT2D eigenvalue weighted by Crippen LogP contribution is -2.37. The minimum absolute atomic E-state index is 0.00581. The van der Waals surface area contributed by atoms with Crippen LogP contribution in [0.5, 0.6) is 0 Å². The Balaban J connectivity index is 1.81. The molecule has 1 aliphatic rings. The fourth-order valence-electron chi connectivity index (χ4n) is 2.62. The average molecular weight is 311 g/mol. The molecule has 1 aliphatic carbocycles. The van der Waals surface area contributed by atoms with E-state index in [1.807, 2.05) is 0 Å². The van der Waals surface area contributed by atoms with Crippen molar-refractivity contribution in [1.82, 2.24) is 5.32 Å². The van der Waals surface area contributed by atoms with Crippen molar-refractivity contribution in [2.75, 3.05) is 13.2 Å². The van der Waals surface area contributed by atoms with Gasteiger partial charge in [-0.1, -0.05) is 64.7 Å². The van der Waals surface area contributed by atoms with Gasteiger partial charge in [-0.05, 0) is 19.3 Å². The van der Waals surface area contributed by atoms with Crippen molar-refractivity contribution in [3.63, 3.8) is 0 Å². The number of carbonyl (C=O) groups excluding carboxylic acids is 2. The molecule has 128 valence electrons. The molecule has 0 heterocycles. The molecule has 0 saturated heterocycles. The van der Waals surface area contributed by atoms with Crippen LogP contribution in [0.2, 0.25) is 0 Å². The van der Waals surface area contributed by atoms with Crippen LogP contribution < -0.4 is 5.32 Å². The molecule has 0 radical (unpaired) electrons. The van der Waals surface area contributed by atoms with Crippen LogP contribution in [-0.4, -0.2) is 25.0 Å².